The number of fused-ring (bicyclic) bond motifs is 1. The summed E-state index contributed by atoms with van der Waals surface area (Å²) in [7, 11) is 0. The molecule has 0 aromatic carbocycles. The van der Waals surface area contributed by atoms with Gasteiger partial charge in [0.25, 0.3) is 5.56 Å². The number of aromatic nitrogens is 5. The second-order valence-corrected chi connectivity index (χ2v) is 6.04. The van der Waals surface area contributed by atoms with Gasteiger partial charge in [0.05, 0.1) is 6.04 Å². The quantitative estimate of drug-likeness (QED) is 0.807. The van der Waals surface area contributed by atoms with Gasteiger partial charge in [-0.1, -0.05) is 19.8 Å². The standard InChI is InChI=1S/C17H19N5O/c1-2-13-14-16(22(21-13)12-7-3-4-8-12)19-15(20-17(14)23)11-6-5-9-18-10-11/h5-6,9-10,12,21H,2-4,7-8H2,1H3. The van der Waals surface area contributed by atoms with Crippen LogP contribution in [0, 0.1) is 0 Å². The normalized spacial score (nSPS) is 15.5. The lowest BCUT2D eigenvalue weighted by Crippen LogP contribution is -2.17. The fourth-order valence-corrected chi connectivity index (χ4v) is 3.43. The van der Waals surface area contributed by atoms with Gasteiger partial charge in [-0.05, 0) is 31.4 Å². The summed E-state index contributed by atoms with van der Waals surface area (Å²) in [6.07, 6.45) is 8.86. The molecular formula is C17H19N5O. The number of nitrogens with one attached hydrogen (secondary N) is 1. The Balaban J connectivity index is 1.93. The van der Waals surface area contributed by atoms with Crippen LogP contribution in [0.4, 0.5) is 0 Å². The number of hydrogen-bond donors (Lipinski definition) is 1. The van der Waals surface area contributed by atoms with Crippen LogP contribution in [0.1, 0.15) is 44.3 Å². The zero-order valence-corrected chi connectivity index (χ0v) is 13.1. The van der Waals surface area contributed by atoms with Crippen molar-refractivity contribution in [3.05, 3.63) is 40.6 Å². The van der Waals surface area contributed by atoms with Crippen LogP contribution in [0.2, 0.25) is 0 Å². The van der Waals surface area contributed by atoms with E-state index in [0.717, 1.165) is 36.3 Å². The van der Waals surface area contributed by atoms with Crippen molar-refractivity contribution in [1.82, 2.24) is 24.7 Å². The minimum absolute atomic E-state index is 0.210. The Hall–Kier alpha value is -2.50. The van der Waals surface area contributed by atoms with Gasteiger partial charge in [0.2, 0.25) is 0 Å². The van der Waals surface area contributed by atoms with E-state index in [2.05, 4.69) is 19.7 Å². The van der Waals surface area contributed by atoms with E-state index in [4.69, 9.17) is 4.98 Å². The van der Waals surface area contributed by atoms with Crippen LogP contribution in [-0.2, 0) is 6.42 Å². The fraction of sp³-hybridized carbons (Fsp3) is 0.412. The summed E-state index contributed by atoms with van der Waals surface area (Å²) in [5, 5.41) is 3.40. The molecule has 0 radical (unpaired) electrons. The smallest absolute Gasteiger partial charge is 0.284 e. The highest BCUT2D eigenvalue weighted by molar-refractivity contribution is 5.64. The van der Waals surface area contributed by atoms with Crippen molar-refractivity contribution in [1.29, 1.82) is 0 Å². The van der Waals surface area contributed by atoms with Crippen LogP contribution < -0.4 is 5.56 Å². The number of aromatic amines is 1. The molecule has 1 aromatic heterocycles. The summed E-state index contributed by atoms with van der Waals surface area (Å²) in [6.45, 7) is 2.04. The molecule has 1 aromatic rings. The summed E-state index contributed by atoms with van der Waals surface area (Å²) in [5.74, 6) is 1.18. The van der Waals surface area contributed by atoms with Crippen molar-refractivity contribution in [3.63, 3.8) is 0 Å². The van der Waals surface area contributed by atoms with Gasteiger partial charge in [0.15, 0.2) is 11.6 Å². The first-order valence-electron chi connectivity index (χ1n) is 8.19. The van der Waals surface area contributed by atoms with Gasteiger partial charge >= 0.3 is 0 Å². The Labute approximate surface area is 134 Å². The van der Waals surface area contributed by atoms with Gasteiger partial charge in [0.1, 0.15) is 5.56 Å². The molecule has 0 bridgehead atoms. The Kier molecular flexibility index (Phi) is 3.44. The monoisotopic (exact) mass is 309 g/mol. The lowest BCUT2D eigenvalue weighted by molar-refractivity contribution is 0.464. The van der Waals surface area contributed by atoms with E-state index in [1.807, 2.05) is 19.1 Å². The van der Waals surface area contributed by atoms with Crippen LogP contribution in [0.15, 0.2) is 29.3 Å². The predicted molar refractivity (Wildman–Crippen MR) is 87.4 cm³/mol. The lowest BCUT2D eigenvalue weighted by atomic mass is 10.1. The summed E-state index contributed by atoms with van der Waals surface area (Å²) in [4.78, 5) is 25.6. The number of rotatable bonds is 3. The second kappa shape index (κ2) is 5.61. The molecule has 1 fully saturated rings. The largest absolute Gasteiger partial charge is 0.300 e. The molecule has 23 heavy (non-hydrogen) atoms. The van der Waals surface area contributed by atoms with Crippen LogP contribution in [0.25, 0.3) is 22.8 Å². The molecule has 2 aliphatic heterocycles. The van der Waals surface area contributed by atoms with Gasteiger partial charge in [-0.25, -0.2) is 4.98 Å². The summed E-state index contributed by atoms with van der Waals surface area (Å²) >= 11 is 0. The first-order valence-corrected chi connectivity index (χ1v) is 8.19. The van der Waals surface area contributed by atoms with Crippen LogP contribution in [-0.4, -0.2) is 24.7 Å². The minimum atomic E-state index is -0.210. The van der Waals surface area contributed by atoms with Crippen molar-refractivity contribution in [2.75, 3.05) is 0 Å². The zero-order valence-electron chi connectivity index (χ0n) is 13.1. The van der Waals surface area contributed by atoms with Gasteiger partial charge in [-0.3, -0.25) is 19.6 Å². The fourth-order valence-electron chi connectivity index (χ4n) is 3.43. The first-order chi connectivity index (χ1) is 11.3. The molecule has 1 N–H and O–H groups in total. The predicted octanol–water partition coefficient (Wildman–Crippen LogP) is 2.81. The molecule has 1 saturated carbocycles. The molecule has 0 saturated heterocycles. The van der Waals surface area contributed by atoms with Crippen LogP contribution in [0.3, 0.4) is 0 Å². The second-order valence-electron chi connectivity index (χ2n) is 6.04. The maximum atomic E-state index is 12.6. The Bertz CT molecular complexity index is 845. The van der Waals surface area contributed by atoms with Crippen molar-refractivity contribution in [2.45, 2.75) is 45.1 Å². The molecule has 6 heteroatoms. The van der Waals surface area contributed by atoms with Gasteiger partial charge in [0, 0.05) is 23.7 Å². The molecule has 0 unspecified atom stereocenters. The average molecular weight is 309 g/mol. The van der Waals surface area contributed by atoms with E-state index in [9.17, 15) is 4.79 Å². The number of H-pyrrole nitrogens is 1. The molecular weight excluding hydrogens is 290 g/mol. The first kappa shape index (κ1) is 14.1. The molecule has 0 amide bonds. The molecule has 0 spiro atoms. The highest BCUT2D eigenvalue weighted by Gasteiger charge is 2.27. The Morgan fingerprint density at radius 3 is 2.83 bits per heavy atom. The number of aryl methyl sites for hydroxylation is 1. The molecule has 0 atom stereocenters. The third kappa shape index (κ3) is 2.34. The van der Waals surface area contributed by atoms with E-state index in [-0.39, 0.29) is 5.56 Å². The van der Waals surface area contributed by atoms with Crippen molar-refractivity contribution in [3.8, 4) is 22.8 Å². The SMILES string of the molecule is CCc1[nH]n(C2CCCC2)c2nc(-c3cccnc3)nc(=O)c1-2. The van der Waals surface area contributed by atoms with Crippen LogP contribution in [0.5, 0.6) is 0 Å². The molecule has 1 aliphatic carbocycles. The molecule has 3 heterocycles. The number of nitrogens with zero attached hydrogens (tertiary/aromatic N) is 4. The third-order valence-electron chi connectivity index (χ3n) is 4.61. The molecule has 3 aliphatic rings. The minimum Gasteiger partial charge on any atom is -0.300 e. The number of hydrogen-bond acceptors (Lipinski definition) is 4. The Morgan fingerprint density at radius 1 is 1.30 bits per heavy atom. The average Bonchev–Trinajstić information content (AvgIpc) is 3.22. The maximum absolute atomic E-state index is 12.6. The maximum Gasteiger partial charge on any atom is 0.284 e. The number of pyridine rings is 1. The van der Waals surface area contributed by atoms with Crippen molar-refractivity contribution in [2.24, 2.45) is 0 Å². The third-order valence-corrected chi connectivity index (χ3v) is 4.61. The summed E-state index contributed by atoms with van der Waals surface area (Å²) in [6, 6.07) is 4.10. The lowest BCUT2D eigenvalue weighted by Gasteiger charge is -2.13. The molecule has 118 valence electrons. The Morgan fingerprint density at radius 2 is 2.13 bits per heavy atom. The van der Waals surface area contributed by atoms with E-state index >= 15 is 0 Å². The topological polar surface area (TPSA) is 76.5 Å². The summed E-state index contributed by atoms with van der Waals surface area (Å²) in [5.41, 5.74) is 2.11. The van der Waals surface area contributed by atoms with Crippen molar-refractivity contribution < 1.29 is 0 Å². The van der Waals surface area contributed by atoms with E-state index in [0.29, 0.717) is 17.4 Å². The highest BCUT2D eigenvalue weighted by atomic mass is 16.1. The van der Waals surface area contributed by atoms with Gasteiger partial charge in [-0.2, -0.15) is 4.98 Å². The van der Waals surface area contributed by atoms with E-state index in [1.165, 1.54) is 12.8 Å². The van der Waals surface area contributed by atoms with E-state index < -0.39 is 0 Å². The highest BCUT2D eigenvalue weighted by Crippen LogP contribution is 2.34. The van der Waals surface area contributed by atoms with Crippen molar-refractivity contribution >= 4 is 0 Å². The molecule has 4 rings (SSSR count). The van der Waals surface area contributed by atoms with Gasteiger partial charge in [-0.15, -0.1) is 0 Å². The van der Waals surface area contributed by atoms with Crippen LogP contribution >= 0.6 is 0 Å². The zero-order chi connectivity index (χ0) is 15.8. The van der Waals surface area contributed by atoms with Gasteiger partial charge < -0.3 is 0 Å². The molecule has 6 nitrogen and oxygen atoms in total. The van der Waals surface area contributed by atoms with E-state index in [1.54, 1.807) is 12.4 Å². The summed E-state index contributed by atoms with van der Waals surface area (Å²) < 4.78 is 2.09.